The number of fused-ring (bicyclic) bond motifs is 1. The van der Waals surface area contributed by atoms with Crippen LogP contribution in [-0.4, -0.2) is 29.8 Å². The molecule has 0 aliphatic carbocycles. The molecule has 0 radical (unpaired) electrons. The normalized spacial score (nSPS) is 11.0. The van der Waals surface area contributed by atoms with Gasteiger partial charge < -0.3 is 9.88 Å². The second-order valence-electron chi connectivity index (χ2n) is 7.69. The third kappa shape index (κ3) is 3.89. The van der Waals surface area contributed by atoms with Crippen molar-refractivity contribution in [1.29, 1.82) is 0 Å². The van der Waals surface area contributed by atoms with Crippen molar-refractivity contribution in [3.63, 3.8) is 0 Å². The molecule has 0 aromatic carbocycles. The van der Waals surface area contributed by atoms with Crippen molar-refractivity contribution in [3.05, 3.63) is 101 Å². The maximum absolute atomic E-state index is 13.0. The summed E-state index contributed by atoms with van der Waals surface area (Å²) in [5.41, 5.74) is 3.59. The predicted molar refractivity (Wildman–Crippen MR) is 126 cm³/mol. The second-order valence-corrected chi connectivity index (χ2v) is 7.69. The molecule has 1 amide bonds. The van der Waals surface area contributed by atoms with Crippen LogP contribution in [0.15, 0.2) is 84.2 Å². The first-order valence-electron chi connectivity index (χ1n) is 10.3. The van der Waals surface area contributed by atoms with Gasteiger partial charge in [0.2, 0.25) is 0 Å². The molecular weight excluding hydrogens is 416 g/mol. The topological polar surface area (TPSA) is 94.2 Å². The van der Waals surface area contributed by atoms with Gasteiger partial charge >= 0.3 is 0 Å². The molecule has 0 fully saturated rings. The van der Waals surface area contributed by atoms with Crippen molar-refractivity contribution in [2.45, 2.75) is 6.92 Å². The number of imidazole rings is 1. The minimum Gasteiger partial charge on any atom is -0.317 e. The third-order valence-corrected chi connectivity index (χ3v) is 5.33. The Balaban J connectivity index is 1.47. The maximum atomic E-state index is 13.0. The number of hydrogen-bond acceptors (Lipinski definition) is 5. The SMILES string of the molecule is Cc1ccc(-c2cc(C(=O)Nc3cccc(-c4ncc5ccccn45)n3)c(=O)n(C)c2)cn1. The van der Waals surface area contributed by atoms with Crippen LogP contribution in [0, 0.1) is 6.92 Å². The van der Waals surface area contributed by atoms with E-state index in [1.807, 2.05) is 53.9 Å². The molecule has 0 atom stereocenters. The lowest BCUT2D eigenvalue weighted by molar-refractivity contribution is 0.102. The fraction of sp³-hybridized carbons (Fsp3) is 0.0800. The number of anilines is 1. The van der Waals surface area contributed by atoms with Crippen molar-refractivity contribution in [3.8, 4) is 22.6 Å². The van der Waals surface area contributed by atoms with E-state index in [1.165, 1.54) is 4.57 Å². The van der Waals surface area contributed by atoms with Gasteiger partial charge in [-0.3, -0.25) is 19.0 Å². The largest absolute Gasteiger partial charge is 0.317 e. The monoisotopic (exact) mass is 436 g/mol. The van der Waals surface area contributed by atoms with Crippen LogP contribution >= 0.6 is 0 Å². The predicted octanol–water partition coefficient (Wildman–Crippen LogP) is 3.72. The molecule has 1 N–H and O–H groups in total. The van der Waals surface area contributed by atoms with Crippen LogP contribution in [0.4, 0.5) is 5.82 Å². The zero-order valence-electron chi connectivity index (χ0n) is 18.1. The Morgan fingerprint density at radius 3 is 2.67 bits per heavy atom. The van der Waals surface area contributed by atoms with Crippen LogP contribution < -0.4 is 10.9 Å². The van der Waals surface area contributed by atoms with Crippen LogP contribution in [0.3, 0.4) is 0 Å². The van der Waals surface area contributed by atoms with Gasteiger partial charge in [0, 0.05) is 42.5 Å². The lowest BCUT2D eigenvalue weighted by Crippen LogP contribution is -2.27. The van der Waals surface area contributed by atoms with Gasteiger partial charge in [0.1, 0.15) is 17.1 Å². The summed E-state index contributed by atoms with van der Waals surface area (Å²) in [6.45, 7) is 1.90. The van der Waals surface area contributed by atoms with Crippen LogP contribution in [-0.2, 0) is 7.05 Å². The maximum Gasteiger partial charge on any atom is 0.263 e. The summed E-state index contributed by atoms with van der Waals surface area (Å²) >= 11 is 0. The van der Waals surface area contributed by atoms with Gasteiger partial charge in [-0.05, 0) is 43.3 Å². The summed E-state index contributed by atoms with van der Waals surface area (Å²) in [6, 6.07) is 16.5. The van der Waals surface area contributed by atoms with Crippen molar-refractivity contribution in [2.75, 3.05) is 5.32 Å². The molecule has 8 heteroatoms. The first-order chi connectivity index (χ1) is 16.0. The highest BCUT2D eigenvalue weighted by atomic mass is 16.2. The number of pyridine rings is 4. The van der Waals surface area contributed by atoms with Gasteiger partial charge in [-0.15, -0.1) is 0 Å². The van der Waals surface area contributed by atoms with Crippen LogP contribution in [0.2, 0.25) is 0 Å². The van der Waals surface area contributed by atoms with E-state index in [0.29, 0.717) is 17.3 Å². The molecular formula is C25H20N6O2. The molecule has 0 aliphatic rings. The highest BCUT2D eigenvalue weighted by Gasteiger charge is 2.16. The summed E-state index contributed by atoms with van der Waals surface area (Å²) in [5.74, 6) is 0.455. The number of nitrogens with one attached hydrogen (secondary N) is 1. The number of carbonyl (C=O) groups is 1. The van der Waals surface area contributed by atoms with Crippen molar-refractivity contribution < 1.29 is 4.79 Å². The first-order valence-corrected chi connectivity index (χ1v) is 10.3. The molecule has 5 aromatic heterocycles. The van der Waals surface area contributed by atoms with E-state index < -0.39 is 11.5 Å². The minimum absolute atomic E-state index is 0.0223. The standard InChI is InChI=1S/C25H20N6O2/c1-16-9-10-17(13-26-16)18-12-20(25(33)30(2)15-18)24(32)29-22-8-5-7-21(28-22)23-27-14-19-6-3-4-11-31(19)23/h3-15H,1-2H3,(H,28,29,32). The van der Waals surface area contributed by atoms with E-state index >= 15 is 0 Å². The highest BCUT2D eigenvalue weighted by molar-refractivity contribution is 6.04. The van der Waals surface area contributed by atoms with E-state index in [1.54, 1.807) is 43.8 Å². The van der Waals surface area contributed by atoms with Gasteiger partial charge in [0.25, 0.3) is 11.5 Å². The van der Waals surface area contributed by atoms with Crippen LogP contribution in [0.25, 0.3) is 28.2 Å². The zero-order valence-corrected chi connectivity index (χ0v) is 18.1. The Hall–Kier alpha value is -4.59. The third-order valence-electron chi connectivity index (χ3n) is 5.33. The van der Waals surface area contributed by atoms with Crippen LogP contribution in [0.1, 0.15) is 16.1 Å². The van der Waals surface area contributed by atoms with Crippen LogP contribution in [0.5, 0.6) is 0 Å². The molecule has 0 spiro atoms. The average molecular weight is 436 g/mol. The van der Waals surface area contributed by atoms with Crippen molar-refractivity contribution in [1.82, 2.24) is 23.9 Å². The fourth-order valence-corrected chi connectivity index (χ4v) is 3.62. The highest BCUT2D eigenvalue weighted by Crippen LogP contribution is 2.21. The van der Waals surface area contributed by atoms with E-state index in [9.17, 15) is 9.59 Å². The van der Waals surface area contributed by atoms with Gasteiger partial charge in [0.15, 0.2) is 5.82 Å². The van der Waals surface area contributed by atoms with Crippen molar-refractivity contribution in [2.24, 2.45) is 7.05 Å². The average Bonchev–Trinajstić information content (AvgIpc) is 3.26. The second kappa shape index (κ2) is 8.16. The molecule has 0 saturated carbocycles. The Morgan fingerprint density at radius 1 is 0.970 bits per heavy atom. The number of aryl methyl sites for hydroxylation is 2. The number of amides is 1. The summed E-state index contributed by atoms with van der Waals surface area (Å²) < 4.78 is 3.31. The molecule has 162 valence electrons. The Morgan fingerprint density at radius 2 is 1.85 bits per heavy atom. The molecule has 5 aromatic rings. The van der Waals surface area contributed by atoms with Gasteiger partial charge in [-0.2, -0.15) is 0 Å². The first kappa shape index (κ1) is 20.3. The smallest absolute Gasteiger partial charge is 0.263 e. The lowest BCUT2D eigenvalue weighted by Gasteiger charge is -2.10. The number of aromatic nitrogens is 5. The molecule has 33 heavy (non-hydrogen) atoms. The number of rotatable bonds is 4. The Labute approximate surface area is 189 Å². The van der Waals surface area contributed by atoms with E-state index in [0.717, 1.165) is 22.3 Å². The molecule has 8 nitrogen and oxygen atoms in total. The summed E-state index contributed by atoms with van der Waals surface area (Å²) in [4.78, 5) is 39.0. The van der Waals surface area contributed by atoms with E-state index in [-0.39, 0.29) is 5.56 Å². The Kier molecular flexibility index (Phi) is 5.02. The van der Waals surface area contributed by atoms with E-state index in [2.05, 4.69) is 20.3 Å². The van der Waals surface area contributed by atoms with Gasteiger partial charge in [0.05, 0.1) is 11.7 Å². The molecule has 0 saturated heterocycles. The lowest BCUT2D eigenvalue weighted by atomic mass is 10.1. The molecule has 0 unspecified atom stereocenters. The number of carbonyl (C=O) groups excluding carboxylic acids is 1. The summed E-state index contributed by atoms with van der Waals surface area (Å²) in [5, 5.41) is 2.75. The fourth-order valence-electron chi connectivity index (χ4n) is 3.62. The molecule has 5 heterocycles. The molecule has 5 rings (SSSR count). The quantitative estimate of drug-likeness (QED) is 0.463. The Bertz CT molecular complexity index is 1550. The summed E-state index contributed by atoms with van der Waals surface area (Å²) in [6.07, 6.45) is 7.07. The minimum atomic E-state index is -0.532. The zero-order chi connectivity index (χ0) is 22.9. The molecule has 0 bridgehead atoms. The molecule has 0 aliphatic heterocycles. The number of nitrogens with zero attached hydrogens (tertiary/aromatic N) is 5. The van der Waals surface area contributed by atoms with Gasteiger partial charge in [-0.25, -0.2) is 9.97 Å². The van der Waals surface area contributed by atoms with Crippen molar-refractivity contribution >= 4 is 17.2 Å². The van der Waals surface area contributed by atoms with E-state index in [4.69, 9.17) is 0 Å². The van der Waals surface area contributed by atoms with Gasteiger partial charge in [-0.1, -0.05) is 18.2 Å². The number of hydrogen-bond donors (Lipinski definition) is 1. The summed E-state index contributed by atoms with van der Waals surface area (Å²) in [7, 11) is 1.62.